The van der Waals surface area contributed by atoms with Gasteiger partial charge in [-0.2, -0.15) is 0 Å². The molecule has 7 nitrogen and oxygen atoms in total. The second-order valence-electron chi connectivity index (χ2n) is 14.0. The van der Waals surface area contributed by atoms with Crippen molar-refractivity contribution >= 4 is 5.97 Å². The highest BCUT2D eigenvalue weighted by molar-refractivity contribution is 5.90. The second-order valence-corrected chi connectivity index (χ2v) is 14.0. The van der Waals surface area contributed by atoms with Crippen molar-refractivity contribution in [3.63, 3.8) is 0 Å². The van der Waals surface area contributed by atoms with Crippen molar-refractivity contribution < 1.29 is 34.3 Å². The van der Waals surface area contributed by atoms with Gasteiger partial charge in [0.2, 0.25) is 0 Å². The Morgan fingerprint density at radius 3 is 1.75 bits per heavy atom. The fraction of sp³-hybridized carbons (Fsp3) is 0.919. The Balaban J connectivity index is 1.16. The topological polar surface area (TPSA) is 105 Å². The van der Waals surface area contributed by atoms with Gasteiger partial charge in [0.25, 0.3) is 0 Å². The summed E-state index contributed by atoms with van der Waals surface area (Å²) in [4.78, 5) is 11.7. The van der Waals surface area contributed by atoms with E-state index in [1.165, 1.54) is 64.2 Å². The van der Waals surface area contributed by atoms with Crippen LogP contribution in [0.2, 0.25) is 0 Å². The van der Waals surface area contributed by atoms with Crippen LogP contribution in [0.3, 0.4) is 0 Å². The number of esters is 1. The molecule has 0 aromatic carbocycles. The van der Waals surface area contributed by atoms with Crippen LogP contribution in [0.25, 0.3) is 0 Å². The van der Waals surface area contributed by atoms with E-state index in [1.54, 1.807) is 0 Å². The summed E-state index contributed by atoms with van der Waals surface area (Å²) >= 11 is 0. The molecule has 0 saturated carbocycles. The fourth-order valence-electron chi connectivity index (χ4n) is 7.26. The zero-order valence-corrected chi connectivity index (χ0v) is 28.1. The lowest BCUT2D eigenvalue weighted by molar-refractivity contribution is -0.139. The van der Waals surface area contributed by atoms with Gasteiger partial charge in [0.1, 0.15) is 6.10 Å². The van der Waals surface area contributed by atoms with Gasteiger partial charge in [-0.3, -0.25) is 0 Å². The summed E-state index contributed by atoms with van der Waals surface area (Å²) in [6.45, 7) is 4.16. The van der Waals surface area contributed by atoms with Crippen molar-refractivity contribution in [3.8, 4) is 0 Å². The number of rotatable bonds is 25. The van der Waals surface area contributed by atoms with Crippen LogP contribution in [0, 0.1) is 0 Å². The van der Waals surface area contributed by atoms with Crippen LogP contribution >= 0.6 is 0 Å². The van der Waals surface area contributed by atoms with E-state index in [-0.39, 0.29) is 36.5 Å². The SMILES string of the molecule is CCCCCCCCCCCCC[C@H](O)[C@@H]1CC[C@@H]([C@@H](O)CC[C@H](O)[C@@H]2CC[C@@H](CCCCCCC3=C[C@H](C)OC3=O)O2)O1. The van der Waals surface area contributed by atoms with Crippen LogP contribution in [0.1, 0.15) is 168 Å². The minimum absolute atomic E-state index is 0.0835. The van der Waals surface area contributed by atoms with Crippen molar-refractivity contribution in [2.75, 3.05) is 0 Å². The van der Waals surface area contributed by atoms with E-state index in [9.17, 15) is 20.1 Å². The summed E-state index contributed by atoms with van der Waals surface area (Å²) < 4.78 is 17.4. The number of hydrogen-bond donors (Lipinski definition) is 3. The van der Waals surface area contributed by atoms with E-state index >= 15 is 0 Å². The van der Waals surface area contributed by atoms with Gasteiger partial charge in [-0.1, -0.05) is 96.8 Å². The highest BCUT2D eigenvalue weighted by Crippen LogP contribution is 2.31. The largest absolute Gasteiger partial charge is 0.455 e. The average molecular weight is 623 g/mol. The average Bonchev–Trinajstić information content (AvgIpc) is 3.76. The smallest absolute Gasteiger partial charge is 0.334 e. The normalized spacial score (nSPS) is 27.4. The molecule has 0 aliphatic carbocycles. The van der Waals surface area contributed by atoms with Gasteiger partial charge in [-0.05, 0) is 77.2 Å². The molecule has 2 saturated heterocycles. The molecule has 3 rings (SSSR count). The van der Waals surface area contributed by atoms with Crippen LogP contribution in [-0.2, 0) is 19.0 Å². The second kappa shape index (κ2) is 21.7. The lowest BCUT2D eigenvalue weighted by Gasteiger charge is -2.24. The van der Waals surface area contributed by atoms with Crippen molar-refractivity contribution in [3.05, 3.63) is 11.6 Å². The monoisotopic (exact) mass is 622 g/mol. The Labute approximate surface area is 268 Å². The molecule has 0 unspecified atom stereocenters. The Morgan fingerprint density at radius 1 is 0.659 bits per heavy atom. The minimum atomic E-state index is -0.619. The standard InChI is InChI=1S/C37H66O7/c1-3-4-5-6-7-8-9-10-11-12-17-20-31(38)35-25-26-36(44-35)33(40)23-22-32(39)34-24-21-30(43-34)19-16-14-13-15-18-29-27-28(2)42-37(29)41/h27-28,30-36,38-40H,3-26H2,1-2H3/t28-,30+,31-,32-,33-,34-,35-,36-/m0/s1. The molecule has 7 heteroatoms. The van der Waals surface area contributed by atoms with Crippen LogP contribution < -0.4 is 0 Å². The maximum absolute atomic E-state index is 11.7. The van der Waals surface area contributed by atoms with Crippen molar-refractivity contribution in [1.29, 1.82) is 0 Å². The fourth-order valence-corrected chi connectivity index (χ4v) is 7.26. The number of ether oxygens (including phenoxy) is 3. The molecule has 0 radical (unpaired) electrons. The van der Waals surface area contributed by atoms with E-state index in [0.717, 1.165) is 82.6 Å². The molecule has 3 heterocycles. The third kappa shape index (κ3) is 14.2. The van der Waals surface area contributed by atoms with E-state index in [4.69, 9.17) is 14.2 Å². The summed E-state index contributed by atoms with van der Waals surface area (Å²) in [5.74, 6) is -0.155. The summed E-state index contributed by atoms with van der Waals surface area (Å²) in [5, 5.41) is 32.2. The minimum Gasteiger partial charge on any atom is -0.455 e. The number of unbranched alkanes of at least 4 members (excludes halogenated alkanes) is 13. The highest BCUT2D eigenvalue weighted by Gasteiger charge is 2.36. The third-order valence-corrected chi connectivity index (χ3v) is 10.1. The molecular weight excluding hydrogens is 556 g/mol. The van der Waals surface area contributed by atoms with Crippen molar-refractivity contribution in [2.24, 2.45) is 0 Å². The van der Waals surface area contributed by atoms with Crippen molar-refractivity contribution in [2.45, 2.75) is 217 Å². The molecule has 3 aliphatic rings. The lowest BCUT2D eigenvalue weighted by atomic mass is 9.98. The molecular formula is C37H66O7. The van der Waals surface area contributed by atoms with Crippen LogP contribution in [-0.4, -0.2) is 70.1 Å². The molecule has 0 amide bonds. The number of carbonyl (C=O) groups is 1. The summed E-state index contributed by atoms with van der Waals surface area (Å²) in [7, 11) is 0. The molecule has 0 aromatic rings. The first-order valence-corrected chi connectivity index (χ1v) is 18.6. The van der Waals surface area contributed by atoms with Gasteiger partial charge in [0, 0.05) is 5.57 Å². The predicted molar refractivity (Wildman–Crippen MR) is 175 cm³/mol. The summed E-state index contributed by atoms with van der Waals surface area (Å²) in [6, 6.07) is 0. The van der Waals surface area contributed by atoms with Crippen LogP contribution in [0.15, 0.2) is 11.6 Å². The lowest BCUT2D eigenvalue weighted by Crippen LogP contribution is -2.33. The highest BCUT2D eigenvalue weighted by atomic mass is 16.5. The van der Waals surface area contributed by atoms with Gasteiger partial charge >= 0.3 is 5.97 Å². The van der Waals surface area contributed by atoms with Gasteiger partial charge in [-0.15, -0.1) is 0 Å². The Hall–Kier alpha value is -0.990. The molecule has 0 aromatic heterocycles. The van der Waals surface area contributed by atoms with Gasteiger partial charge in [-0.25, -0.2) is 4.79 Å². The summed E-state index contributed by atoms with van der Waals surface area (Å²) in [5.41, 5.74) is 0.824. The first-order valence-electron chi connectivity index (χ1n) is 18.6. The molecule has 0 bridgehead atoms. The molecule has 0 spiro atoms. The van der Waals surface area contributed by atoms with Gasteiger partial charge < -0.3 is 29.5 Å². The maximum atomic E-state index is 11.7. The summed E-state index contributed by atoms with van der Waals surface area (Å²) in [6.07, 6.45) is 25.4. The van der Waals surface area contributed by atoms with Crippen LogP contribution in [0.4, 0.5) is 0 Å². The molecule has 3 aliphatic heterocycles. The first kappa shape index (κ1) is 37.5. The van der Waals surface area contributed by atoms with Crippen LogP contribution in [0.5, 0.6) is 0 Å². The van der Waals surface area contributed by atoms with Gasteiger partial charge in [0.05, 0.1) is 42.7 Å². The number of hydrogen-bond acceptors (Lipinski definition) is 7. The quantitative estimate of drug-likeness (QED) is 0.0703. The zero-order valence-electron chi connectivity index (χ0n) is 28.1. The molecule has 256 valence electrons. The Kier molecular flexibility index (Phi) is 18.5. The van der Waals surface area contributed by atoms with Crippen molar-refractivity contribution in [1.82, 2.24) is 0 Å². The van der Waals surface area contributed by atoms with Gasteiger partial charge in [0.15, 0.2) is 0 Å². The number of aliphatic hydroxyl groups is 3. The van der Waals surface area contributed by atoms with E-state index in [2.05, 4.69) is 6.92 Å². The Bertz CT molecular complexity index is 801. The zero-order chi connectivity index (χ0) is 31.6. The number of aliphatic hydroxyl groups excluding tert-OH is 3. The molecule has 8 atom stereocenters. The molecule has 2 fully saturated rings. The number of cyclic esters (lactones) is 1. The molecule has 3 N–H and O–H groups in total. The maximum Gasteiger partial charge on any atom is 0.334 e. The van der Waals surface area contributed by atoms with E-state index in [0.29, 0.717) is 12.8 Å². The predicted octanol–water partition coefficient (Wildman–Crippen LogP) is 7.86. The third-order valence-electron chi connectivity index (χ3n) is 10.1. The first-order chi connectivity index (χ1) is 21.4. The van der Waals surface area contributed by atoms with E-state index in [1.807, 2.05) is 13.0 Å². The Morgan fingerprint density at radius 2 is 1.16 bits per heavy atom. The number of carbonyl (C=O) groups excluding carboxylic acids is 1. The molecule has 44 heavy (non-hydrogen) atoms. The van der Waals surface area contributed by atoms with E-state index < -0.39 is 18.3 Å².